The van der Waals surface area contributed by atoms with Gasteiger partial charge in [-0.15, -0.1) is 0 Å². The predicted octanol–water partition coefficient (Wildman–Crippen LogP) is 2.78. The Morgan fingerprint density at radius 3 is 1.39 bits per heavy atom. The van der Waals surface area contributed by atoms with Crippen LogP contribution < -0.4 is 0 Å². The first kappa shape index (κ1) is 15.5. The molecule has 0 aromatic rings. The maximum Gasteiger partial charge on any atom is 0.391 e. The van der Waals surface area contributed by atoms with Crippen molar-refractivity contribution in [2.24, 2.45) is 11.8 Å². The van der Waals surface area contributed by atoms with E-state index in [1.807, 2.05) is 0 Å². The van der Waals surface area contributed by atoms with Gasteiger partial charge in [0.1, 0.15) is 0 Å². The summed E-state index contributed by atoms with van der Waals surface area (Å²) in [4.78, 5) is 0. The molecule has 0 aromatic heterocycles. The van der Waals surface area contributed by atoms with Crippen molar-refractivity contribution in [3.05, 3.63) is 0 Å². The third-order valence-corrected chi connectivity index (χ3v) is 4.24. The number of hydrogen-bond donors (Lipinski definition) is 1. The fraction of sp³-hybridized carbons (Fsp3) is 1.00. The van der Waals surface area contributed by atoms with Crippen LogP contribution in [0.1, 0.15) is 19.3 Å². The Morgan fingerprint density at radius 1 is 0.833 bits per heavy atom. The molecule has 0 heterocycles. The third kappa shape index (κ3) is 3.74. The Balaban J connectivity index is 3.01. The lowest BCUT2D eigenvalue weighted by Gasteiger charge is -2.35. The molecule has 1 fully saturated rings. The highest BCUT2D eigenvalue weighted by Gasteiger charge is 2.53. The molecule has 1 N–H and O–H groups in total. The van der Waals surface area contributed by atoms with Gasteiger partial charge in [-0.05, 0) is 19.3 Å². The van der Waals surface area contributed by atoms with Crippen LogP contribution in [-0.4, -0.2) is 30.6 Å². The Bertz CT molecular complexity index is 376. The van der Waals surface area contributed by atoms with Crippen molar-refractivity contribution in [3.8, 4) is 0 Å². The molecule has 0 spiro atoms. The van der Waals surface area contributed by atoms with E-state index < -0.39 is 58.8 Å². The van der Waals surface area contributed by atoms with Crippen molar-refractivity contribution in [1.29, 1.82) is 0 Å². The summed E-state index contributed by atoms with van der Waals surface area (Å²) in [6.07, 6.45) is -13.1. The molecule has 1 aliphatic carbocycles. The maximum absolute atomic E-state index is 12.4. The van der Waals surface area contributed by atoms with Gasteiger partial charge in [0.15, 0.2) is 0 Å². The van der Waals surface area contributed by atoms with Crippen LogP contribution in [0.2, 0.25) is 0 Å². The summed E-state index contributed by atoms with van der Waals surface area (Å²) < 4.78 is 105. The van der Waals surface area contributed by atoms with Crippen LogP contribution in [0.3, 0.4) is 0 Å². The van der Waals surface area contributed by atoms with E-state index in [9.17, 15) is 34.8 Å². The van der Waals surface area contributed by atoms with Crippen molar-refractivity contribution >= 4 is 10.1 Å². The fourth-order valence-corrected chi connectivity index (χ4v) is 3.00. The average Bonchev–Trinajstić information content (AvgIpc) is 2.13. The molecule has 3 nitrogen and oxygen atoms in total. The summed E-state index contributed by atoms with van der Waals surface area (Å²) in [5.74, 6) is -4.74. The molecule has 0 radical (unpaired) electrons. The average molecular weight is 300 g/mol. The van der Waals surface area contributed by atoms with Crippen LogP contribution in [-0.2, 0) is 10.1 Å². The molecule has 0 saturated heterocycles. The fourth-order valence-electron chi connectivity index (χ4n) is 2.04. The van der Waals surface area contributed by atoms with Crippen LogP contribution in [0, 0.1) is 11.8 Å². The van der Waals surface area contributed by atoms with Gasteiger partial charge in [-0.25, -0.2) is 0 Å². The van der Waals surface area contributed by atoms with E-state index >= 15 is 0 Å². The summed E-state index contributed by atoms with van der Waals surface area (Å²) in [6, 6.07) is 0. The molecule has 10 heteroatoms. The molecule has 0 amide bonds. The lowest BCUT2D eigenvalue weighted by Crippen LogP contribution is -2.42. The van der Waals surface area contributed by atoms with Crippen LogP contribution in [0.25, 0.3) is 0 Å². The number of alkyl halides is 6. The standard InChI is InChI=1S/C8H10F6O3S/c9-7(10,11)4-1-5(8(12,13)14)3-6(2-4)18(15,16)17/h4-6H,1-3H2,(H,15,16,17). The SMILES string of the molecule is O=S(=O)(O)C1CC(C(F)(F)F)CC(C(F)(F)F)C1. The second-order valence-corrected chi connectivity index (χ2v) is 6.02. The molecule has 1 saturated carbocycles. The lowest BCUT2D eigenvalue weighted by atomic mass is 9.80. The maximum atomic E-state index is 12.4. The predicted molar refractivity (Wildman–Crippen MR) is 48.3 cm³/mol. The van der Waals surface area contributed by atoms with E-state index in [4.69, 9.17) is 4.55 Å². The van der Waals surface area contributed by atoms with Crippen LogP contribution in [0.4, 0.5) is 26.3 Å². The number of hydrogen-bond acceptors (Lipinski definition) is 2. The molecule has 2 unspecified atom stereocenters. The zero-order chi connectivity index (χ0) is 14.4. The molecule has 18 heavy (non-hydrogen) atoms. The molecule has 0 aliphatic heterocycles. The summed E-state index contributed by atoms with van der Waals surface area (Å²) in [5, 5.41) is -2.02. The van der Waals surface area contributed by atoms with E-state index in [1.165, 1.54) is 0 Å². The van der Waals surface area contributed by atoms with E-state index in [2.05, 4.69) is 0 Å². The van der Waals surface area contributed by atoms with Crippen molar-refractivity contribution in [2.75, 3.05) is 0 Å². The van der Waals surface area contributed by atoms with Gasteiger partial charge in [-0.3, -0.25) is 4.55 Å². The number of rotatable bonds is 1. The summed E-state index contributed by atoms with van der Waals surface area (Å²) in [7, 11) is -4.91. The lowest BCUT2D eigenvalue weighted by molar-refractivity contribution is -0.221. The van der Waals surface area contributed by atoms with Gasteiger partial charge in [-0.2, -0.15) is 34.8 Å². The van der Waals surface area contributed by atoms with Crippen LogP contribution in [0.15, 0.2) is 0 Å². The Hall–Kier alpha value is -0.510. The first-order valence-corrected chi connectivity index (χ1v) is 6.42. The van der Waals surface area contributed by atoms with Gasteiger partial charge in [0, 0.05) is 0 Å². The Labute approximate surface area is 98.9 Å². The normalized spacial score (nSPS) is 31.4. The van der Waals surface area contributed by atoms with Gasteiger partial charge in [0.05, 0.1) is 17.1 Å². The molecule has 1 rings (SSSR count). The minimum Gasteiger partial charge on any atom is -0.285 e. The molecular weight excluding hydrogens is 290 g/mol. The van der Waals surface area contributed by atoms with Crippen molar-refractivity contribution in [1.82, 2.24) is 0 Å². The van der Waals surface area contributed by atoms with E-state index in [1.54, 1.807) is 0 Å². The second kappa shape index (κ2) is 4.55. The molecule has 2 atom stereocenters. The summed E-state index contributed by atoms with van der Waals surface area (Å²) in [5.41, 5.74) is 0. The molecule has 108 valence electrons. The first-order chi connectivity index (χ1) is 7.82. The van der Waals surface area contributed by atoms with Gasteiger partial charge < -0.3 is 0 Å². The topological polar surface area (TPSA) is 54.4 Å². The smallest absolute Gasteiger partial charge is 0.285 e. The summed E-state index contributed by atoms with van der Waals surface area (Å²) >= 11 is 0. The van der Waals surface area contributed by atoms with E-state index in [-0.39, 0.29) is 0 Å². The van der Waals surface area contributed by atoms with Gasteiger partial charge in [0.25, 0.3) is 10.1 Å². The molecular formula is C8H10F6O3S. The zero-order valence-electron chi connectivity index (χ0n) is 8.79. The van der Waals surface area contributed by atoms with Crippen LogP contribution >= 0.6 is 0 Å². The zero-order valence-corrected chi connectivity index (χ0v) is 9.61. The van der Waals surface area contributed by atoms with Crippen molar-refractivity contribution < 1.29 is 39.3 Å². The highest BCUT2D eigenvalue weighted by atomic mass is 32.2. The molecule has 1 aliphatic rings. The largest absolute Gasteiger partial charge is 0.391 e. The second-order valence-electron chi connectivity index (χ2n) is 4.32. The van der Waals surface area contributed by atoms with Crippen LogP contribution in [0.5, 0.6) is 0 Å². The molecule has 0 bridgehead atoms. The quantitative estimate of drug-likeness (QED) is 0.598. The van der Waals surface area contributed by atoms with E-state index in [0.717, 1.165) is 0 Å². The number of halogens is 6. The van der Waals surface area contributed by atoms with E-state index in [0.29, 0.717) is 0 Å². The Morgan fingerprint density at radius 2 is 1.17 bits per heavy atom. The monoisotopic (exact) mass is 300 g/mol. The highest BCUT2D eigenvalue weighted by molar-refractivity contribution is 7.86. The highest BCUT2D eigenvalue weighted by Crippen LogP contribution is 2.46. The third-order valence-electron chi connectivity index (χ3n) is 3.01. The first-order valence-electron chi connectivity index (χ1n) is 4.91. The van der Waals surface area contributed by atoms with Gasteiger partial charge >= 0.3 is 12.4 Å². The van der Waals surface area contributed by atoms with Crippen molar-refractivity contribution in [2.45, 2.75) is 36.9 Å². The minimum atomic E-state index is -4.91. The van der Waals surface area contributed by atoms with Crippen molar-refractivity contribution in [3.63, 3.8) is 0 Å². The molecule has 0 aromatic carbocycles. The van der Waals surface area contributed by atoms with Gasteiger partial charge in [0.2, 0.25) is 0 Å². The Kier molecular flexibility index (Phi) is 3.93. The summed E-state index contributed by atoms with van der Waals surface area (Å²) in [6.45, 7) is 0. The minimum absolute atomic E-state index is 1.03. The van der Waals surface area contributed by atoms with Gasteiger partial charge in [-0.1, -0.05) is 0 Å².